The van der Waals surface area contributed by atoms with E-state index in [-0.39, 0.29) is 6.61 Å². The Balaban J connectivity index is 3.28. The van der Waals surface area contributed by atoms with Gasteiger partial charge in [0.15, 0.2) is 0 Å². The average molecular weight is 147 g/mol. The summed E-state index contributed by atoms with van der Waals surface area (Å²) in [6.45, 7) is 4.15. The highest BCUT2D eigenvalue weighted by molar-refractivity contribution is 4.66. The van der Waals surface area contributed by atoms with Crippen molar-refractivity contribution in [3.63, 3.8) is 0 Å². The summed E-state index contributed by atoms with van der Waals surface area (Å²) in [6.07, 6.45) is 2.12. The van der Waals surface area contributed by atoms with Crippen molar-refractivity contribution in [1.82, 2.24) is 5.32 Å². The third-order valence-electron chi connectivity index (χ3n) is 1.34. The molecular weight excluding hydrogens is 130 g/mol. The van der Waals surface area contributed by atoms with E-state index < -0.39 is 5.72 Å². The van der Waals surface area contributed by atoms with Gasteiger partial charge in [0.1, 0.15) is 5.72 Å². The smallest absolute Gasteiger partial charge is 0.136 e. The van der Waals surface area contributed by atoms with E-state index in [1.807, 2.05) is 0 Å². The van der Waals surface area contributed by atoms with Crippen molar-refractivity contribution in [1.29, 1.82) is 0 Å². The zero-order valence-electron chi connectivity index (χ0n) is 6.72. The molecule has 0 aliphatic carbocycles. The van der Waals surface area contributed by atoms with Crippen LogP contribution in [0.1, 0.15) is 26.7 Å². The van der Waals surface area contributed by atoms with Crippen molar-refractivity contribution >= 4 is 0 Å². The van der Waals surface area contributed by atoms with Gasteiger partial charge in [-0.05, 0) is 19.9 Å². The van der Waals surface area contributed by atoms with Crippen molar-refractivity contribution in [2.45, 2.75) is 32.4 Å². The second-order valence-corrected chi connectivity index (χ2v) is 2.71. The summed E-state index contributed by atoms with van der Waals surface area (Å²) < 4.78 is 0. The maximum atomic E-state index is 9.19. The molecule has 0 aromatic rings. The third kappa shape index (κ3) is 4.73. The summed E-state index contributed by atoms with van der Waals surface area (Å²) in [5.74, 6) is 0. The molecule has 0 saturated carbocycles. The zero-order valence-corrected chi connectivity index (χ0v) is 6.72. The molecule has 0 amide bonds. The minimum atomic E-state index is -1.10. The molecule has 0 rings (SSSR count). The van der Waals surface area contributed by atoms with Crippen LogP contribution in [0.5, 0.6) is 0 Å². The number of hydrogen-bond donors (Lipinski definition) is 3. The normalized spacial score (nSPS) is 16.8. The summed E-state index contributed by atoms with van der Waals surface area (Å²) in [4.78, 5) is 0. The highest BCUT2D eigenvalue weighted by atomic mass is 16.3. The molecule has 0 radical (unpaired) electrons. The molecule has 0 bridgehead atoms. The van der Waals surface area contributed by atoms with Crippen molar-refractivity contribution in [2.24, 2.45) is 0 Å². The minimum Gasteiger partial charge on any atom is -0.392 e. The molecule has 0 aromatic heterocycles. The first-order chi connectivity index (χ1) is 4.62. The van der Waals surface area contributed by atoms with E-state index in [1.54, 1.807) is 6.92 Å². The second-order valence-electron chi connectivity index (χ2n) is 2.71. The second kappa shape index (κ2) is 4.66. The number of unbranched alkanes of at least 4 members (excludes halogenated alkanes) is 1. The average Bonchev–Trinajstić information content (AvgIpc) is 1.89. The lowest BCUT2D eigenvalue weighted by Crippen LogP contribution is -2.45. The Kier molecular flexibility index (Phi) is 4.60. The Morgan fingerprint density at radius 1 is 1.50 bits per heavy atom. The molecule has 1 atom stereocenters. The Bertz CT molecular complexity index is 83.7. The lowest BCUT2D eigenvalue weighted by Gasteiger charge is -2.21. The van der Waals surface area contributed by atoms with E-state index in [0.29, 0.717) is 0 Å². The third-order valence-corrected chi connectivity index (χ3v) is 1.34. The lowest BCUT2D eigenvalue weighted by atomic mass is 10.2. The first-order valence-electron chi connectivity index (χ1n) is 3.70. The van der Waals surface area contributed by atoms with Gasteiger partial charge in [0.2, 0.25) is 0 Å². The number of hydrogen-bond acceptors (Lipinski definition) is 3. The van der Waals surface area contributed by atoms with Gasteiger partial charge in [-0.2, -0.15) is 0 Å². The van der Waals surface area contributed by atoms with Crippen LogP contribution in [0, 0.1) is 0 Å². The van der Waals surface area contributed by atoms with Crippen LogP contribution in [0.4, 0.5) is 0 Å². The van der Waals surface area contributed by atoms with Gasteiger partial charge >= 0.3 is 0 Å². The Morgan fingerprint density at radius 2 is 2.10 bits per heavy atom. The van der Waals surface area contributed by atoms with Crippen LogP contribution < -0.4 is 5.32 Å². The molecule has 0 aromatic carbocycles. The molecule has 0 heterocycles. The summed E-state index contributed by atoms with van der Waals surface area (Å²) in [5, 5.41) is 20.6. The SMILES string of the molecule is CCCCNC(C)(O)CO. The number of aliphatic hydroxyl groups excluding tert-OH is 1. The Hall–Kier alpha value is -0.120. The zero-order chi connectivity index (χ0) is 8.04. The molecule has 0 aliphatic heterocycles. The van der Waals surface area contributed by atoms with Gasteiger partial charge in [-0.1, -0.05) is 13.3 Å². The van der Waals surface area contributed by atoms with Crippen LogP contribution in [0.15, 0.2) is 0 Å². The van der Waals surface area contributed by atoms with Crippen molar-refractivity contribution in [3.8, 4) is 0 Å². The predicted octanol–water partition coefficient (Wildman–Crippen LogP) is 0.0769. The number of rotatable bonds is 5. The molecule has 0 spiro atoms. The fraction of sp³-hybridized carbons (Fsp3) is 1.00. The molecule has 62 valence electrons. The van der Waals surface area contributed by atoms with E-state index in [9.17, 15) is 5.11 Å². The van der Waals surface area contributed by atoms with E-state index in [1.165, 1.54) is 0 Å². The first-order valence-corrected chi connectivity index (χ1v) is 3.70. The molecule has 0 aliphatic rings. The molecule has 1 unspecified atom stereocenters. The van der Waals surface area contributed by atoms with Gasteiger partial charge in [0, 0.05) is 0 Å². The molecule has 3 heteroatoms. The predicted molar refractivity (Wildman–Crippen MR) is 40.6 cm³/mol. The quantitative estimate of drug-likeness (QED) is 0.381. The van der Waals surface area contributed by atoms with E-state index in [2.05, 4.69) is 12.2 Å². The van der Waals surface area contributed by atoms with E-state index in [0.717, 1.165) is 19.4 Å². The summed E-state index contributed by atoms with van der Waals surface area (Å²) in [6, 6.07) is 0. The van der Waals surface area contributed by atoms with Crippen LogP contribution in [0.2, 0.25) is 0 Å². The summed E-state index contributed by atoms with van der Waals surface area (Å²) >= 11 is 0. The molecular formula is C7H17NO2. The minimum absolute atomic E-state index is 0.239. The van der Waals surface area contributed by atoms with Gasteiger partial charge in [-0.3, -0.25) is 5.32 Å². The Labute approximate surface area is 62.1 Å². The maximum Gasteiger partial charge on any atom is 0.136 e. The molecule has 3 nitrogen and oxygen atoms in total. The van der Waals surface area contributed by atoms with Crippen LogP contribution >= 0.6 is 0 Å². The van der Waals surface area contributed by atoms with E-state index in [4.69, 9.17) is 5.11 Å². The fourth-order valence-electron chi connectivity index (χ4n) is 0.590. The van der Waals surface area contributed by atoms with Crippen LogP contribution in [0.3, 0.4) is 0 Å². The topological polar surface area (TPSA) is 52.5 Å². The van der Waals surface area contributed by atoms with Gasteiger partial charge in [-0.15, -0.1) is 0 Å². The van der Waals surface area contributed by atoms with Crippen LogP contribution in [-0.2, 0) is 0 Å². The Morgan fingerprint density at radius 3 is 2.50 bits per heavy atom. The largest absolute Gasteiger partial charge is 0.392 e. The van der Waals surface area contributed by atoms with Crippen LogP contribution in [0.25, 0.3) is 0 Å². The van der Waals surface area contributed by atoms with Crippen molar-refractivity contribution in [3.05, 3.63) is 0 Å². The number of aliphatic hydroxyl groups is 2. The van der Waals surface area contributed by atoms with Crippen molar-refractivity contribution < 1.29 is 10.2 Å². The monoisotopic (exact) mass is 147 g/mol. The molecule has 10 heavy (non-hydrogen) atoms. The fourth-order valence-corrected chi connectivity index (χ4v) is 0.590. The highest BCUT2D eigenvalue weighted by Gasteiger charge is 2.15. The van der Waals surface area contributed by atoms with Gasteiger partial charge < -0.3 is 10.2 Å². The van der Waals surface area contributed by atoms with Crippen molar-refractivity contribution in [2.75, 3.05) is 13.2 Å². The van der Waals surface area contributed by atoms with Gasteiger partial charge in [0.05, 0.1) is 6.61 Å². The summed E-state index contributed by atoms with van der Waals surface area (Å²) in [7, 11) is 0. The van der Waals surface area contributed by atoms with Gasteiger partial charge in [-0.25, -0.2) is 0 Å². The lowest BCUT2D eigenvalue weighted by molar-refractivity contribution is -0.0267. The summed E-state index contributed by atoms with van der Waals surface area (Å²) in [5.41, 5.74) is -1.10. The van der Waals surface area contributed by atoms with E-state index >= 15 is 0 Å². The molecule has 0 saturated heterocycles. The van der Waals surface area contributed by atoms with Gasteiger partial charge in [0.25, 0.3) is 0 Å². The highest BCUT2D eigenvalue weighted by Crippen LogP contribution is 1.95. The maximum absolute atomic E-state index is 9.19. The molecule has 0 fully saturated rings. The standard InChI is InChI=1S/C7H17NO2/c1-3-4-5-8-7(2,10)6-9/h8-10H,3-6H2,1-2H3. The first kappa shape index (κ1) is 9.88. The van der Waals surface area contributed by atoms with Crippen LogP contribution in [-0.4, -0.2) is 29.1 Å². The molecule has 3 N–H and O–H groups in total. The number of nitrogens with one attached hydrogen (secondary N) is 1.